The van der Waals surface area contributed by atoms with Gasteiger partial charge < -0.3 is 10.6 Å². The van der Waals surface area contributed by atoms with E-state index in [-0.39, 0.29) is 24.0 Å². The molecule has 0 radical (unpaired) electrons. The summed E-state index contributed by atoms with van der Waals surface area (Å²) in [6.07, 6.45) is 6.79. The number of fused-ring (bicyclic) bond motifs is 1. The highest BCUT2D eigenvalue weighted by Gasteiger charge is 2.26. The number of nitrogens with zero attached hydrogens (tertiary/aromatic N) is 1. The van der Waals surface area contributed by atoms with Crippen molar-refractivity contribution >= 4 is 40.7 Å². The normalized spacial score (nSPS) is 26.5. The van der Waals surface area contributed by atoms with E-state index in [0.29, 0.717) is 17.2 Å². The van der Waals surface area contributed by atoms with E-state index in [4.69, 9.17) is 0 Å². The van der Waals surface area contributed by atoms with Crippen LogP contribution in [0.15, 0.2) is 29.3 Å². The fourth-order valence-corrected chi connectivity index (χ4v) is 5.56. The third-order valence-corrected chi connectivity index (χ3v) is 7.36. The highest BCUT2D eigenvalue weighted by Crippen LogP contribution is 2.32. The Bertz CT molecular complexity index is 637. The average Bonchev–Trinajstić information content (AvgIpc) is 3.08. The van der Waals surface area contributed by atoms with Crippen LogP contribution in [0.25, 0.3) is 0 Å². The summed E-state index contributed by atoms with van der Waals surface area (Å²) in [7, 11) is 1.15. The van der Waals surface area contributed by atoms with E-state index in [1.165, 1.54) is 24.0 Å². The van der Waals surface area contributed by atoms with Crippen LogP contribution in [0.3, 0.4) is 0 Å². The van der Waals surface area contributed by atoms with Crippen LogP contribution >= 0.6 is 24.0 Å². The predicted octanol–water partition coefficient (Wildman–Crippen LogP) is 3.58. The summed E-state index contributed by atoms with van der Waals surface area (Å²) >= 11 is 0. The van der Waals surface area contributed by atoms with Gasteiger partial charge in [-0.05, 0) is 43.2 Å². The van der Waals surface area contributed by atoms with Crippen LogP contribution in [0, 0.1) is 0 Å². The predicted molar refractivity (Wildman–Crippen MR) is 122 cm³/mol. The Kier molecular flexibility index (Phi) is 8.87. The number of nitrogens with one attached hydrogen (secondary N) is 2. The third-order valence-electron chi connectivity index (χ3n) is 5.62. The maximum absolute atomic E-state index is 12.1. The van der Waals surface area contributed by atoms with Crippen molar-refractivity contribution in [1.82, 2.24) is 10.6 Å². The molecule has 1 aromatic rings. The Morgan fingerprint density at radius 2 is 2.08 bits per heavy atom. The summed E-state index contributed by atoms with van der Waals surface area (Å²) < 4.78 is 12.1. The lowest BCUT2D eigenvalue weighted by atomic mass is 9.95. The minimum Gasteiger partial charge on any atom is -0.356 e. The Morgan fingerprint density at radius 3 is 2.85 bits per heavy atom. The van der Waals surface area contributed by atoms with Gasteiger partial charge in [0, 0.05) is 47.4 Å². The number of hydrogen-bond donors (Lipinski definition) is 2. The van der Waals surface area contributed by atoms with Gasteiger partial charge in [0.2, 0.25) is 0 Å². The number of benzene rings is 1. The molecule has 2 aliphatic rings. The van der Waals surface area contributed by atoms with Crippen LogP contribution in [0.4, 0.5) is 0 Å². The van der Waals surface area contributed by atoms with Crippen LogP contribution in [-0.4, -0.2) is 40.8 Å². The molecule has 6 heteroatoms. The molecule has 0 amide bonds. The second-order valence-electron chi connectivity index (χ2n) is 7.19. The van der Waals surface area contributed by atoms with Crippen molar-refractivity contribution in [1.29, 1.82) is 0 Å². The quantitative estimate of drug-likeness (QED) is 0.378. The van der Waals surface area contributed by atoms with Crippen LogP contribution < -0.4 is 10.6 Å². The lowest BCUT2D eigenvalue weighted by Gasteiger charge is -2.30. The van der Waals surface area contributed by atoms with E-state index in [2.05, 4.69) is 39.9 Å². The minimum atomic E-state index is -0.682. The number of guanidine groups is 1. The van der Waals surface area contributed by atoms with Gasteiger partial charge in [0.1, 0.15) is 0 Å². The first kappa shape index (κ1) is 21.7. The Labute approximate surface area is 177 Å². The minimum absolute atomic E-state index is 0. The van der Waals surface area contributed by atoms with Crippen molar-refractivity contribution in [3.63, 3.8) is 0 Å². The smallest absolute Gasteiger partial charge is 0.191 e. The van der Waals surface area contributed by atoms with Crippen LogP contribution in [0.5, 0.6) is 0 Å². The van der Waals surface area contributed by atoms with Gasteiger partial charge in [-0.2, -0.15) is 0 Å². The summed E-state index contributed by atoms with van der Waals surface area (Å²) in [5.41, 5.74) is 2.98. The molecule has 0 heterocycles. The van der Waals surface area contributed by atoms with Crippen molar-refractivity contribution in [3.8, 4) is 0 Å². The van der Waals surface area contributed by atoms with E-state index in [0.717, 1.165) is 43.9 Å². The van der Waals surface area contributed by atoms with Crippen molar-refractivity contribution < 1.29 is 4.21 Å². The van der Waals surface area contributed by atoms with Gasteiger partial charge >= 0.3 is 0 Å². The molecule has 1 aromatic carbocycles. The zero-order chi connectivity index (χ0) is 17.6. The molecule has 146 valence electrons. The molecule has 4 atom stereocenters. The van der Waals surface area contributed by atoms with Gasteiger partial charge in [-0.1, -0.05) is 37.6 Å². The average molecular weight is 489 g/mol. The van der Waals surface area contributed by atoms with Crippen molar-refractivity contribution in [3.05, 3.63) is 35.4 Å². The lowest BCUT2D eigenvalue weighted by Crippen LogP contribution is -2.47. The van der Waals surface area contributed by atoms with Crippen LogP contribution in [-0.2, 0) is 17.2 Å². The molecular weight excluding hydrogens is 457 g/mol. The van der Waals surface area contributed by atoms with E-state index >= 15 is 0 Å². The molecule has 0 spiro atoms. The standard InChI is InChI=1S/C20H31N3OS.HI/c1-3-25(24)18-9-6-8-17(13-18)23-20(21-2)22-14-16-12-11-15-7-4-5-10-19(15)16;/h4-5,7,10,16-18H,3,6,8-9,11-14H2,1-2H3,(H2,21,22,23);1H. The second-order valence-corrected chi connectivity index (χ2v) is 9.19. The monoisotopic (exact) mass is 489 g/mol. The molecule has 4 unspecified atom stereocenters. The molecule has 0 saturated heterocycles. The topological polar surface area (TPSA) is 53.5 Å². The molecule has 26 heavy (non-hydrogen) atoms. The molecule has 1 fully saturated rings. The summed E-state index contributed by atoms with van der Waals surface area (Å²) in [6, 6.07) is 9.17. The number of rotatable bonds is 5. The molecule has 2 N–H and O–H groups in total. The van der Waals surface area contributed by atoms with Crippen LogP contribution in [0.1, 0.15) is 56.1 Å². The molecule has 0 aromatic heterocycles. The van der Waals surface area contributed by atoms with Gasteiger partial charge in [-0.25, -0.2) is 0 Å². The molecule has 0 aliphatic heterocycles. The van der Waals surface area contributed by atoms with Gasteiger partial charge in [0.05, 0.1) is 0 Å². The van der Waals surface area contributed by atoms with Crippen molar-refractivity contribution in [2.75, 3.05) is 19.3 Å². The number of aliphatic imine (C=N–C) groups is 1. The SMILES string of the molecule is CCS(=O)C1CCCC(NC(=NC)NCC2CCc3ccccc32)C1.I. The molecule has 2 aliphatic carbocycles. The molecule has 3 rings (SSSR count). The van der Waals surface area contributed by atoms with E-state index in [9.17, 15) is 4.21 Å². The first-order valence-electron chi connectivity index (χ1n) is 9.63. The summed E-state index contributed by atoms with van der Waals surface area (Å²) in [5, 5.41) is 7.43. The van der Waals surface area contributed by atoms with Gasteiger partial charge in [0.25, 0.3) is 0 Å². The zero-order valence-electron chi connectivity index (χ0n) is 15.9. The van der Waals surface area contributed by atoms with Crippen molar-refractivity contribution in [2.24, 2.45) is 4.99 Å². The highest BCUT2D eigenvalue weighted by atomic mass is 127. The Morgan fingerprint density at radius 1 is 1.27 bits per heavy atom. The molecule has 0 bridgehead atoms. The maximum atomic E-state index is 12.1. The second kappa shape index (κ2) is 10.6. The number of aryl methyl sites for hydroxylation is 1. The zero-order valence-corrected chi connectivity index (χ0v) is 19.0. The van der Waals surface area contributed by atoms with Gasteiger partial charge in [-0.15, -0.1) is 24.0 Å². The fraction of sp³-hybridized carbons (Fsp3) is 0.650. The number of halogens is 1. The van der Waals surface area contributed by atoms with E-state index in [1.807, 2.05) is 14.0 Å². The third kappa shape index (κ3) is 5.44. The number of hydrogen-bond acceptors (Lipinski definition) is 2. The van der Waals surface area contributed by atoms with Crippen molar-refractivity contribution in [2.45, 2.75) is 62.7 Å². The van der Waals surface area contributed by atoms with Gasteiger partial charge in [0.15, 0.2) is 5.96 Å². The van der Waals surface area contributed by atoms with Gasteiger partial charge in [-0.3, -0.25) is 9.20 Å². The Balaban J connectivity index is 0.00000243. The molecular formula is C20H32IN3OS. The largest absolute Gasteiger partial charge is 0.356 e. The Hall–Kier alpha value is -0.630. The van der Waals surface area contributed by atoms with E-state index < -0.39 is 10.8 Å². The molecule has 4 nitrogen and oxygen atoms in total. The highest BCUT2D eigenvalue weighted by molar-refractivity contribution is 14.0. The fourth-order valence-electron chi connectivity index (χ4n) is 4.22. The molecule has 1 saturated carbocycles. The first-order chi connectivity index (χ1) is 12.2. The summed E-state index contributed by atoms with van der Waals surface area (Å²) in [4.78, 5) is 4.41. The summed E-state index contributed by atoms with van der Waals surface area (Å²) in [5.74, 6) is 2.23. The van der Waals surface area contributed by atoms with E-state index in [1.54, 1.807) is 0 Å². The summed E-state index contributed by atoms with van der Waals surface area (Å²) in [6.45, 7) is 2.95. The van der Waals surface area contributed by atoms with Crippen LogP contribution in [0.2, 0.25) is 0 Å². The maximum Gasteiger partial charge on any atom is 0.191 e. The first-order valence-corrected chi connectivity index (χ1v) is 11.0. The lowest BCUT2D eigenvalue weighted by molar-refractivity contribution is 0.413.